The first-order chi connectivity index (χ1) is 12.2. The largest absolute Gasteiger partial charge is 0.324 e. The quantitative estimate of drug-likeness (QED) is 0.750. The monoisotopic (exact) mass is 339 g/mol. The number of carbonyl (C=O) groups excluding carboxylic acids is 1. The number of halogens is 1. The number of pyridine rings is 1. The number of piperidine rings is 1. The number of hydrogen-bond donors (Lipinski definition) is 2. The Balaban J connectivity index is 1.49. The zero-order valence-corrected chi connectivity index (χ0v) is 13.6. The van der Waals surface area contributed by atoms with Gasteiger partial charge in [0.05, 0.1) is 0 Å². The normalized spacial score (nSPS) is 17.6. The molecule has 128 valence electrons. The van der Waals surface area contributed by atoms with Gasteiger partial charge in [-0.2, -0.15) is 5.10 Å². The van der Waals surface area contributed by atoms with Crippen LogP contribution in [0, 0.1) is 5.82 Å². The molecule has 2 amide bonds. The summed E-state index contributed by atoms with van der Waals surface area (Å²) in [5.74, 6) is -0.127. The van der Waals surface area contributed by atoms with Gasteiger partial charge in [-0.1, -0.05) is 0 Å². The molecule has 0 aliphatic carbocycles. The summed E-state index contributed by atoms with van der Waals surface area (Å²) in [5.41, 5.74) is 2.32. The SMILES string of the molecule is O=C(Nc1ccc(F)cc1)N1CCCC(c2[nH]nc3ncccc23)C1. The zero-order valence-electron chi connectivity index (χ0n) is 13.6. The zero-order chi connectivity index (χ0) is 17.2. The summed E-state index contributed by atoms with van der Waals surface area (Å²) < 4.78 is 13.0. The van der Waals surface area contributed by atoms with Crippen LogP contribution in [0.3, 0.4) is 0 Å². The molecule has 0 bridgehead atoms. The molecule has 2 N–H and O–H groups in total. The number of nitrogens with zero attached hydrogens (tertiary/aromatic N) is 3. The van der Waals surface area contributed by atoms with Crippen LogP contribution in [0.1, 0.15) is 24.5 Å². The fourth-order valence-electron chi connectivity index (χ4n) is 3.31. The minimum absolute atomic E-state index is 0.168. The van der Waals surface area contributed by atoms with E-state index in [4.69, 9.17) is 0 Å². The number of H-pyrrole nitrogens is 1. The Morgan fingerprint density at radius 1 is 1.28 bits per heavy atom. The standard InChI is InChI=1S/C18H18FN5O/c19-13-5-7-14(8-6-13)21-18(25)24-10-2-3-12(11-24)16-15-4-1-9-20-17(15)23-22-16/h1,4-9,12H,2-3,10-11H2,(H,21,25)(H,20,22,23). The van der Waals surface area contributed by atoms with Gasteiger partial charge in [0.1, 0.15) is 5.82 Å². The number of aromatic amines is 1. The van der Waals surface area contributed by atoms with Gasteiger partial charge in [-0.25, -0.2) is 14.2 Å². The molecule has 2 aromatic heterocycles. The van der Waals surface area contributed by atoms with Gasteiger partial charge < -0.3 is 10.2 Å². The highest BCUT2D eigenvalue weighted by molar-refractivity contribution is 5.89. The van der Waals surface area contributed by atoms with Crippen molar-refractivity contribution >= 4 is 22.8 Å². The summed E-state index contributed by atoms with van der Waals surface area (Å²) in [5, 5.41) is 11.2. The number of anilines is 1. The van der Waals surface area contributed by atoms with E-state index >= 15 is 0 Å². The number of benzene rings is 1. The summed E-state index contributed by atoms with van der Waals surface area (Å²) in [4.78, 5) is 18.6. The lowest BCUT2D eigenvalue weighted by atomic mass is 9.93. The third-order valence-electron chi connectivity index (χ3n) is 4.57. The molecule has 0 spiro atoms. The van der Waals surface area contributed by atoms with Crippen molar-refractivity contribution in [1.82, 2.24) is 20.1 Å². The Bertz CT molecular complexity index is 892. The molecule has 4 rings (SSSR count). The topological polar surface area (TPSA) is 73.9 Å². The summed E-state index contributed by atoms with van der Waals surface area (Å²) >= 11 is 0. The van der Waals surface area contributed by atoms with E-state index in [9.17, 15) is 9.18 Å². The Labute approximate surface area is 144 Å². The van der Waals surface area contributed by atoms with Gasteiger partial charge in [0.2, 0.25) is 0 Å². The molecule has 3 aromatic rings. The van der Waals surface area contributed by atoms with Crippen molar-refractivity contribution in [3.8, 4) is 0 Å². The highest BCUT2D eigenvalue weighted by Gasteiger charge is 2.27. The van der Waals surface area contributed by atoms with Crippen molar-refractivity contribution < 1.29 is 9.18 Å². The third-order valence-corrected chi connectivity index (χ3v) is 4.57. The molecule has 1 fully saturated rings. The van der Waals surface area contributed by atoms with Crippen LogP contribution in [0.15, 0.2) is 42.6 Å². The molecule has 1 aromatic carbocycles. The molecule has 1 unspecified atom stereocenters. The summed E-state index contributed by atoms with van der Waals surface area (Å²) in [6.07, 6.45) is 3.63. The Hall–Kier alpha value is -2.96. The van der Waals surface area contributed by atoms with E-state index in [-0.39, 0.29) is 17.8 Å². The maximum absolute atomic E-state index is 13.0. The molecule has 1 saturated heterocycles. The predicted molar refractivity (Wildman–Crippen MR) is 92.9 cm³/mol. The molecule has 1 aliphatic heterocycles. The molecule has 7 heteroatoms. The number of likely N-dealkylation sites (tertiary alicyclic amines) is 1. The number of aromatic nitrogens is 3. The van der Waals surface area contributed by atoms with E-state index < -0.39 is 0 Å². The van der Waals surface area contributed by atoms with Crippen LogP contribution in [0.25, 0.3) is 11.0 Å². The molecule has 6 nitrogen and oxygen atoms in total. The second-order valence-corrected chi connectivity index (χ2v) is 6.23. The Morgan fingerprint density at radius 2 is 2.12 bits per heavy atom. The first kappa shape index (κ1) is 15.6. The minimum Gasteiger partial charge on any atom is -0.324 e. The second-order valence-electron chi connectivity index (χ2n) is 6.23. The van der Waals surface area contributed by atoms with Crippen molar-refractivity contribution in [2.75, 3.05) is 18.4 Å². The number of urea groups is 1. The lowest BCUT2D eigenvalue weighted by molar-refractivity contribution is 0.192. The smallest absolute Gasteiger partial charge is 0.321 e. The maximum Gasteiger partial charge on any atom is 0.321 e. The maximum atomic E-state index is 13.0. The van der Waals surface area contributed by atoms with E-state index in [2.05, 4.69) is 20.5 Å². The molecular weight excluding hydrogens is 321 g/mol. The average Bonchev–Trinajstić information content (AvgIpc) is 3.08. The number of nitrogens with one attached hydrogen (secondary N) is 2. The summed E-state index contributed by atoms with van der Waals surface area (Å²) in [7, 11) is 0. The van der Waals surface area contributed by atoms with Gasteiger partial charge in [0.15, 0.2) is 5.65 Å². The van der Waals surface area contributed by atoms with E-state index in [1.54, 1.807) is 23.2 Å². The number of hydrogen-bond acceptors (Lipinski definition) is 3. The number of rotatable bonds is 2. The molecule has 1 atom stereocenters. The first-order valence-electron chi connectivity index (χ1n) is 8.31. The van der Waals surface area contributed by atoms with E-state index in [1.807, 2.05) is 12.1 Å². The molecular formula is C18H18FN5O. The predicted octanol–water partition coefficient (Wildman–Crippen LogP) is 3.51. The average molecular weight is 339 g/mol. The molecule has 3 heterocycles. The lowest BCUT2D eigenvalue weighted by Crippen LogP contribution is -2.41. The van der Waals surface area contributed by atoms with Crippen molar-refractivity contribution in [2.24, 2.45) is 0 Å². The molecule has 25 heavy (non-hydrogen) atoms. The highest BCUT2D eigenvalue weighted by Crippen LogP contribution is 2.30. The van der Waals surface area contributed by atoms with Crippen molar-refractivity contribution in [1.29, 1.82) is 0 Å². The van der Waals surface area contributed by atoms with Crippen LogP contribution in [0.5, 0.6) is 0 Å². The molecule has 1 aliphatic rings. The Kier molecular flexibility index (Phi) is 4.05. The number of fused-ring (bicyclic) bond motifs is 1. The number of amides is 2. The third kappa shape index (κ3) is 3.17. The van der Waals surface area contributed by atoms with Gasteiger partial charge in [0, 0.05) is 42.0 Å². The summed E-state index contributed by atoms with van der Waals surface area (Å²) in [6.45, 7) is 1.31. The van der Waals surface area contributed by atoms with Gasteiger partial charge >= 0.3 is 6.03 Å². The fraction of sp³-hybridized carbons (Fsp3) is 0.278. The second kappa shape index (κ2) is 6.51. The lowest BCUT2D eigenvalue weighted by Gasteiger charge is -2.32. The van der Waals surface area contributed by atoms with Crippen molar-refractivity contribution in [3.63, 3.8) is 0 Å². The first-order valence-corrected chi connectivity index (χ1v) is 8.31. The van der Waals surface area contributed by atoms with Crippen LogP contribution in [0.2, 0.25) is 0 Å². The van der Waals surface area contributed by atoms with Gasteiger partial charge in [-0.3, -0.25) is 5.10 Å². The van der Waals surface area contributed by atoms with E-state index in [0.29, 0.717) is 24.4 Å². The fourth-order valence-corrected chi connectivity index (χ4v) is 3.31. The van der Waals surface area contributed by atoms with Crippen molar-refractivity contribution in [2.45, 2.75) is 18.8 Å². The van der Waals surface area contributed by atoms with Gasteiger partial charge in [0.25, 0.3) is 0 Å². The summed E-state index contributed by atoms with van der Waals surface area (Å²) in [6, 6.07) is 9.50. The van der Waals surface area contributed by atoms with Gasteiger partial charge in [-0.15, -0.1) is 0 Å². The van der Waals surface area contributed by atoms with Gasteiger partial charge in [-0.05, 0) is 49.2 Å². The van der Waals surface area contributed by atoms with E-state index in [0.717, 1.165) is 23.9 Å². The molecule has 0 saturated carbocycles. The van der Waals surface area contributed by atoms with Crippen LogP contribution >= 0.6 is 0 Å². The molecule has 0 radical (unpaired) electrons. The Morgan fingerprint density at radius 3 is 2.96 bits per heavy atom. The van der Waals surface area contributed by atoms with E-state index in [1.165, 1.54) is 12.1 Å². The van der Waals surface area contributed by atoms with Crippen LogP contribution in [-0.2, 0) is 0 Å². The van der Waals surface area contributed by atoms with Crippen molar-refractivity contribution in [3.05, 3.63) is 54.1 Å². The minimum atomic E-state index is -0.323. The number of carbonyl (C=O) groups is 1. The van der Waals surface area contributed by atoms with Crippen LogP contribution in [0.4, 0.5) is 14.9 Å². The van der Waals surface area contributed by atoms with Crippen LogP contribution in [-0.4, -0.2) is 39.2 Å². The highest BCUT2D eigenvalue weighted by atomic mass is 19.1. The van der Waals surface area contributed by atoms with Crippen LogP contribution < -0.4 is 5.32 Å².